The lowest BCUT2D eigenvalue weighted by atomic mass is 9.97. The van der Waals surface area contributed by atoms with Gasteiger partial charge < -0.3 is 14.8 Å². The summed E-state index contributed by atoms with van der Waals surface area (Å²) < 4.78 is 11.8. The molecule has 2 unspecified atom stereocenters. The summed E-state index contributed by atoms with van der Waals surface area (Å²) >= 11 is 0. The van der Waals surface area contributed by atoms with Gasteiger partial charge in [0.25, 0.3) is 0 Å². The highest BCUT2D eigenvalue weighted by Crippen LogP contribution is 2.40. The molecule has 0 saturated heterocycles. The van der Waals surface area contributed by atoms with Crippen LogP contribution in [0.5, 0.6) is 5.75 Å². The minimum atomic E-state index is 0.269. The molecular weight excluding hydrogens is 262 g/mol. The predicted octanol–water partition coefficient (Wildman–Crippen LogP) is 3.69. The smallest absolute Gasteiger partial charge is 0.120 e. The van der Waals surface area contributed by atoms with Crippen LogP contribution >= 0.6 is 0 Å². The van der Waals surface area contributed by atoms with Crippen molar-refractivity contribution in [3.05, 3.63) is 29.8 Å². The van der Waals surface area contributed by atoms with Gasteiger partial charge in [0.1, 0.15) is 5.75 Å². The summed E-state index contributed by atoms with van der Waals surface area (Å²) in [5.74, 6) is 1.71. The zero-order valence-electron chi connectivity index (χ0n) is 13.2. The van der Waals surface area contributed by atoms with E-state index < -0.39 is 0 Å². The van der Waals surface area contributed by atoms with Gasteiger partial charge in [-0.2, -0.15) is 0 Å². The number of hydrogen-bond acceptors (Lipinski definition) is 3. The Kier molecular flexibility index (Phi) is 4.81. The van der Waals surface area contributed by atoms with Crippen LogP contribution in [0.3, 0.4) is 0 Å². The van der Waals surface area contributed by atoms with E-state index in [1.165, 1.54) is 31.2 Å². The van der Waals surface area contributed by atoms with Crippen LogP contribution in [0.2, 0.25) is 0 Å². The number of hydrogen-bond donors (Lipinski definition) is 1. The summed E-state index contributed by atoms with van der Waals surface area (Å²) in [6.45, 7) is 3.22. The van der Waals surface area contributed by atoms with E-state index in [-0.39, 0.29) is 12.1 Å². The first-order chi connectivity index (χ1) is 10.3. The van der Waals surface area contributed by atoms with E-state index in [0.717, 1.165) is 18.7 Å². The summed E-state index contributed by atoms with van der Waals surface area (Å²) in [6.07, 6.45) is 6.84. The van der Waals surface area contributed by atoms with Gasteiger partial charge in [0.15, 0.2) is 0 Å². The van der Waals surface area contributed by atoms with Crippen molar-refractivity contribution in [2.75, 3.05) is 13.7 Å². The van der Waals surface area contributed by atoms with Crippen molar-refractivity contribution < 1.29 is 9.47 Å². The van der Waals surface area contributed by atoms with Crippen molar-refractivity contribution in [3.63, 3.8) is 0 Å². The van der Waals surface area contributed by atoms with Gasteiger partial charge in [-0.1, -0.05) is 19.1 Å². The second-order valence-electron chi connectivity index (χ2n) is 6.36. The van der Waals surface area contributed by atoms with E-state index in [1.807, 2.05) is 7.11 Å². The number of rotatable bonds is 9. The van der Waals surface area contributed by atoms with Gasteiger partial charge in [-0.25, -0.2) is 0 Å². The average Bonchev–Trinajstić information content (AvgIpc) is 3.37. The van der Waals surface area contributed by atoms with E-state index in [1.54, 1.807) is 0 Å². The van der Waals surface area contributed by atoms with Gasteiger partial charge in [0, 0.05) is 7.11 Å². The topological polar surface area (TPSA) is 30.5 Å². The molecule has 2 aliphatic carbocycles. The van der Waals surface area contributed by atoms with Crippen LogP contribution in [-0.4, -0.2) is 25.9 Å². The number of ether oxygens (including phenoxy) is 2. The van der Waals surface area contributed by atoms with Crippen molar-refractivity contribution in [1.29, 1.82) is 0 Å². The second-order valence-corrected chi connectivity index (χ2v) is 6.36. The molecule has 1 aromatic carbocycles. The molecule has 2 saturated carbocycles. The van der Waals surface area contributed by atoms with Gasteiger partial charge in [-0.3, -0.25) is 0 Å². The Balaban J connectivity index is 1.76. The molecule has 3 heteroatoms. The molecule has 3 nitrogen and oxygen atoms in total. The molecule has 1 N–H and O–H groups in total. The minimum Gasteiger partial charge on any atom is -0.490 e. The third kappa shape index (κ3) is 3.98. The zero-order valence-corrected chi connectivity index (χ0v) is 13.2. The first-order valence-electron chi connectivity index (χ1n) is 8.34. The highest BCUT2D eigenvalue weighted by atomic mass is 16.5. The highest BCUT2D eigenvalue weighted by molar-refractivity contribution is 5.32. The molecular formula is C18H27NO2. The molecule has 2 fully saturated rings. The predicted molar refractivity (Wildman–Crippen MR) is 84.6 cm³/mol. The van der Waals surface area contributed by atoms with Crippen LogP contribution in [-0.2, 0) is 4.74 Å². The molecule has 0 aliphatic heterocycles. The highest BCUT2D eigenvalue weighted by Gasteiger charge is 2.37. The summed E-state index contributed by atoms with van der Waals surface area (Å²) in [5.41, 5.74) is 1.29. The Bertz CT molecular complexity index is 454. The lowest BCUT2D eigenvalue weighted by molar-refractivity contribution is 0.0506. The van der Waals surface area contributed by atoms with Gasteiger partial charge in [0.05, 0.1) is 18.2 Å². The van der Waals surface area contributed by atoms with Crippen molar-refractivity contribution >= 4 is 0 Å². The van der Waals surface area contributed by atoms with Crippen molar-refractivity contribution in [2.45, 2.75) is 57.3 Å². The van der Waals surface area contributed by atoms with E-state index in [4.69, 9.17) is 9.47 Å². The van der Waals surface area contributed by atoms with E-state index >= 15 is 0 Å². The quantitative estimate of drug-likeness (QED) is 0.752. The average molecular weight is 289 g/mol. The van der Waals surface area contributed by atoms with Crippen LogP contribution in [0.25, 0.3) is 0 Å². The molecule has 0 spiro atoms. The number of benzene rings is 1. The fourth-order valence-corrected chi connectivity index (χ4v) is 2.91. The summed E-state index contributed by atoms with van der Waals surface area (Å²) in [4.78, 5) is 0. The van der Waals surface area contributed by atoms with E-state index in [9.17, 15) is 0 Å². The maximum absolute atomic E-state index is 5.94. The van der Waals surface area contributed by atoms with E-state index in [2.05, 4.69) is 36.5 Å². The number of methoxy groups -OCH3 is 1. The van der Waals surface area contributed by atoms with Crippen LogP contribution in [0.1, 0.15) is 50.6 Å². The van der Waals surface area contributed by atoms with Crippen molar-refractivity contribution in [1.82, 2.24) is 5.32 Å². The lowest BCUT2D eigenvalue weighted by Crippen LogP contribution is -2.35. The fourth-order valence-electron chi connectivity index (χ4n) is 2.91. The molecule has 2 atom stereocenters. The third-order valence-corrected chi connectivity index (χ3v) is 4.35. The molecule has 0 radical (unpaired) electrons. The van der Waals surface area contributed by atoms with Crippen LogP contribution in [0.15, 0.2) is 24.3 Å². The van der Waals surface area contributed by atoms with Crippen LogP contribution < -0.4 is 10.1 Å². The first kappa shape index (κ1) is 14.9. The SMILES string of the molecule is CCCNC(c1cccc(OC2CC2)c1)C(OC)C1CC1. The molecule has 0 amide bonds. The molecule has 116 valence electrons. The molecule has 1 aromatic rings. The minimum absolute atomic E-state index is 0.269. The second kappa shape index (κ2) is 6.80. The summed E-state index contributed by atoms with van der Waals surface area (Å²) in [7, 11) is 1.84. The van der Waals surface area contributed by atoms with Gasteiger partial charge in [0.2, 0.25) is 0 Å². The number of nitrogens with one attached hydrogen (secondary N) is 1. The zero-order chi connectivity index (χ0) is 14.7. The molecule has 21 heavy (non-hydrogen) atoms. The summed E-state index contributed by atoms with van der Waals surface area (Å²) in [5, 5.41) is 3.67. The standard InChI is InChI=1S/C18H27NO2/c1-3-11-19-17(18(20-2)13-7-8-13)14-5-4-6-16(12-14)21-15-9-10-15/h4-6,12-13,15,17-19H,3,7-11H2,1-2H3. The lowest BCUT2D eigenvalue weighted by Gasteiger charge is -2.28. The van der Waals surface area contributed by atoms with Crippen molar-refractivity contribution in [3.8, 4) is 5.75 Å². The largest absolute Gasteiger partial charge is 0.490 e. The maximum Gasteiger partial charge on any atom is 0.120 e. The Morgan fingerprint density at radius 3 is 2.67 bits per heavy atom. The van der Waals surface area contributed by atoms with Gasteiger partial charge in [-0.15, -0.1) is 0 Å². The van der Waals surface area contributed by atoms with Crippen molar-refractivity contribution in [2.24, 2.45) is 5.92 Å². The third-order valence-electron chi connectivity index (χ3n) is 4.35. The summed E-state index contributed by atoms with van der Waals surface area (Å²) in [6, 6.07) is 8.83. The Labute approximate surface area is 128 Å². The van der Waals surface area contributed by atoms with Crippen LogP contribution in [0.4, 0.5) is 0 Å². The normalized spacial score (nSPS) is 21.0. The van der Waals surface area contributed by atoms with Gasteiger partial charge >= 0.3 is 0 Å². The monoisotopic (exact) mass is 289 g/mol. The molecule has 0 bridgehead atoms. The molecule has 0 heterocycles. The molecule has 2 aliphatic rings. The Morgan fingerprint density at radius 1 is 1.24 bits per heavy atom. The first-order valence-corrected chi connectivity index (χ1v) is 8.34. The molecule has 0 aromatic heterocycles. The van der Waals surface area contributed by atoms with E-state index in [0.29, 0.717) is 12.0 Å². The van der Waals surface area contributed by atoms with Crippen LogP contribution in [0, 0.1) is 5.92 Å². The van der Waals surface area contributed by atoms with Gasteiger partial charge in [-0.05, 0) is 62.3 Å². The fraction of sp³-hybridized carbons (Fsp3) is 0.667. The Hall–Kier alpha value is -1.06. The maximum atomic E-state index is 5.94. The molecule has 3 rings (SSSR count). The Morgan fingerprint density at radius 2 is 2.05 bits per heavy atom.